The third-order valence-electron chi connectivity index (χ3n) is 9.40. The highest BCUT2D eigenvalue weighted by atomic mass is 127. The number of fused-ring (bicyclic) bond motifs is 4. The van der Waals surface area contributed by atoms with Gasteiger partial charge in [-0.3, -0.25) is 29.0 Å². The van der Waals surface area contributed by atoms with Gasteiger partial charge in [-0.1, -0.05) is 23.8 Å². The van der Waals surface area contributed by atoms with E-state index in [1.807, 2.05) is 42.5 Å². The molecular weight excluding hydrogens is 758 g/mol. The van der Waals surface area contributed by atoms with Crippen LogP contribution in [0.25, 0.3) is 0 Å². The van der Waals surface area contributed by atoms with Crippen LogP contribution in [0.3, 0.4) is 0 Å². The van der Waals surface area contributed by atoms with Crippen molar-refractivity contribution in [2.24, 2.45) is 29.6 Å². The van der Waals surface area contributed by atoms with Crippen molar-refractivity contribution in [3.63, 3.8) is 0 Å². The van der Waals surface area contributed by atoms with Crippen LogP contribution >= 0.6 is 45.2 Å². The molecule has 0 spiro atoms. The van der Waals surface area contributed by atoms with Gasteiger partial charge in [0.15, 0.2) is 0 Å². The zero-order chi connectivity index (χ0) is 29.4. The number of anilines is 2. The van der Waals surface area contributed by atoms with E-state index >= 15 is 0 Å². The van der Waals surface area contributed by atoms with Crippen molar-refractivity contribution < 1.29 is 24.3 Å². The molecule has 4 aliphatic rings. The Hall–Kier alpha value is -3.06. The van der Waals surface area contributed by atoms with E-state index in [1.165, 1.54) is 9.80 Å². The molecule has 212 valence electrons. The maximum atomic E-state index is 14.2. The van der Waals surface area contributed by atoms with Crippen LogP contribution in [0.2, 0.25) is 0 Å². The number of nitrogens with zero attached hydrogens (tertiary/aromatic N) is 2. The Labute approximate surface area is 270 Å². The van der Waals surface area contributed by atoms with Crippen molar-refractivity contribution in [3.8, 4) is 5.75 Å². The molecule has 7 nitrogen and oxygen atoms in total. The quantitative estimate of drug-likeness (QED) is 0.201. The molecule has 1 saturated carbocycles. The molecule has 9 heteroatoms. The number of halogens is 2. The SMILES string of the molecule is Cc1cc(C2C3=CCC4C(=O)N(c5ccc(I)cc5)C(=O)C4C3CC3C(=O)N(c4ccc(I)cc4)C(=O)C32)ccc1O. The lowest BCUT2D eigenvalue weighted by molar-refractivity contribution is -0.126. The van der Waals surface area contributed by atoms with E-state index in [-0.39, 0.29) is 35.3 Å². The molecule has 0 radical (unpaired) electrons. The average Bonchev–Trinajstić information content (AvgIpc) is 3.38. The number of hydrogen-bond acceptors (Lipinski definition) is 5. The zero-order valence-electron chi connectivity index (χ0n) is 22.5. The minimum Gasteiger partial charge on any atom is -0.508 e. The first-order chi connectivity index (χ1) is 20.2. The average molecular weight is 784 g/mol. The minimum absolute atomic E-state index is 0.152. The van der Waals surface area contributed by atoms with E-state index in [4.69, 9.17) is 0 Å². The highest BCUT2D eigenvalue weighted by molar-refractivity contribution is 14.1. The smallest absolute Gasteiger partial charge is 0.238 e. The molecule has 7 rings (SSSR count). The van der Waals surface area contributed by atoms with Gasteiger partial charge in [-0.05, 0) is 137 Å². The molecule has 3 aromatic rings. The second-order valence-electron chi connectivity index (χ2n) is 11.5. The summed E-state index contributed by atoms with van der Waals surface area (Å²) in [6, 6.07) is 19.9. The van der Waals surface area contributed by atoms with Crippen molar-refractivity contribution in [1.29, 1.82) is 0 Å². The topological polar surface area (TPSA) is 95.0 Å². The van der Waals surface area contributed by atoms with Gasteiger partial charge >= 0.3 is 0 Å². The van der Waals surface area contributed by atoms with Gasteiger partial charge in [-0.25, -0.2) is 0 Å². The Kier molecular flexibility index (Phi) is 6.80. The summed E-state index contributed by atoms with van der Waals surface area (Å²) in [6.07, 6.45) is 2.77. The van der Waals surface area contributed by atoms with Crippen LogP contribution in [0.4, 0.5) is 11.4 Å². The van der Waals surface area contributed by atoms with Crippen molar-refractivity contribution >= 4 is 80.2 Å². The second kappa shape index (κ2) is 10.3. The number of phenols is 1. The lowest BCUT2D eigenvalue weighted by Gasteiger charge is -2.44. The number of carbonyl (C=O) groups is 4. The van der Waals surface area contributed by atoms with Crippen molar-refractivity contribution in [2.45, 2.75) is 25.7 Å². The standard InChI is InChI=1S/C33H26I2N2O5/c1-16-14-17(2-13-26(16)38)27-22-11-12-23-28(32(41)36(30(23)39)20-7-3-18(34)4-8-20)24(22)15-25-29(27)33(42)37(31(25)40)21-9-5-19(35)6-10-21/h2-11,13-14,23-25,27-29,38H,12,15H2,1H3. The number of rotatable bonds is 3. The Morgan fingerprint density at radius 2 is 1.24 bits per heavy atom. The van der Waals surface area contributed by atoms with Gasteiger partial charge in [0.1, 0.15) is 5.75 Å². The molecule has 3 aromatic carbocycles. The molecule has 0 bridgehead atoms. The highest BCUT2D eigenvalue weighted by Crippen LogP contribution is 2.58. The Balaban J connectivity index is 1.33. The summed E-state index contributed by atoms with van der Waals surface area (Å²) >= 11 is 4.38. The van der Waals surface area contributed by atoms with Crippen molar-refractivity contribution in [2.75, 3.05) is 9.80 Å². The predicted octanol–water partition coefficient (Wildman–Crippen LogP) is 5.96. The number of phenolic OH excluding ortho intramolecular Hbond substituents is 1. The van der Waals surface area contributed by atoms with Gasteiger partial charge in [0.05, 0.1) is 35.0 Å². The molecule has 0 aromatic heterocycles. The molecular formula is C33H26I2N2O5. The van der Waals surface area contributed by atoms with Crippen LogP contribution in [0.15, 0.2) is 78.4 Å². The summed E-state index contributed by atoms with van der Waals surface area (Å²) in [6.45, 7) is 1.81. The fraction of sp³-hybridized carbons (Fsp3) is 0.273. The van der Waals surface area contributed by atoms with E-state index in [2.05, 4.69) is 45.2 Å². The van der Waals surface area contributed by atoms with Crippen molar-refractivity contribution in [1.82, 2.24) is 0 Å². The third kappa shape index (κ3) is 4.17. The number of aromatic hydroxyl groups is 1. The van der Waals surface area contributed by atoms with E-state index in [0.717, 1.165) is 18.3 Å². The molecule has 6 unspecified atom stereocenters. The molecule has 6 atom stereocenters. The maximum Gasteiger partial charge on any atom is 0.238 e. The summed E-state index contributed by atoms with van der Waals surface area (Å²) in [5.41, 5.74) is 3.53. The minimum atomic E-state index is -0.640. The highest BCUT2D eigenvalue weighted by Gasteiger charge is 2.62. The normalized spacial score (nSPS) is 28.5. The van der Waals surface area contributed by atoms with E-state index in [1.54, 1.807) is 37.3 Å². The third-order valence-corrected chi connectivity index (χ3v) is 10.8. The summed E-state index contributed by atoms with van der Waals surface area (Å²) < 4.78 is 2.00. The molecule has 2 aliphatic heterocycles. The van der Waals surface area contributed by atoms with Crippen LogP contribution in [-0.4, -0.2) is 28.7 Å². The monoisotopic (exact) mass is 784 g/mol. The fourth-order valence-electron chi connectivity index (χ4n) is 7.52. The molecule has 4 amide bonds. The van der Waals surface area contributed by atoms with E-state index in [0.29, 0.717) is 29.8 Å². The van der Waals surface area contributed by atoms with E-state index < -0.39 is 29.6 Å². The summed E-state index contributed by atoms with van der Waals surface area (Å²) in [5, 5.41) is 10.3. The van der Waals surface area contributed by atoms with E-state index in [9.17, 15) is 24.3 Å². The first kappa shape index (κ1) is 27.8. The number of benzene rings is 3. The summed E-state index contributed by atoms with van der Waals surface area (Å²) in [5.74, 6) is -4.01. The van der Waals surface area contributed by atoms with Gasteiger partial charge in [0.2, 0.25) is 23.6 Å². The molecule has 2 aliphatic carbocycles. The number of carbonyl (C=O) groups excluding carboxylic acids is 4. The molecule has 3 fully saturated rings. The first-order valence-corrected chi connectivity index (χ1v) is 16.1. The summed E-state index contributed by atoms with van der Waals surface area (Å²) in [7, 11) is 0. The largest absolute Gasteiger partial charge is 0.508 e. The van der Waals surface area contributed by atoms with Gasteiger partial charge in [-0.2, -0.15) is 0 Å². The van der Waals surface area contributed by atoms with Gasteiger partial charge in [0.25, 0.3) is 0 Å². The Morgan fingerprint density at radius 1 is 0.690 bits per heavy atom. The first-order valence-electron chi connectivity index (χ1n) is 13.9. The Morgan fingerprint density at radius 3 is 1.81 bits per heavy atom. The van der Waals surface area contributed by atoms with Gasteiger partial charge in [0, 0.05) is 13.1 Å². The number of aryl methyl sites for hydroxylation is 1. The molecule has 1 N–H and O–H groups in total. The van der Waals surface area contributed by atoms with Crippen LogP contribution in [0.5, 0.6) is 5.75 Å². The van der Waals surface area contributed by atoms with Crippen LogP contribution in [0, 0.1) is 43.7 Å². The van der Waals surface area contributed by atoms with Crippen LogP contribution in [-0.2, 0) is 19.2 Å². The molecule has 42 heavy (non-hydrogen) atoms. The fourth-order valence-corrected chi connectivity index (χ4v) is 8.24. The van der Waals surface area contributed by atoms with Gasteiger partial charge < -0.3 is 5.11 Å². The Bertz CT molecular complexity index is 1700. The zero-order valence-corrected chi connectivity index (χ0v) is 26.9. The molecule has 2 saturated heterocycles. The second-order valence-corrected chi connectivity index (χ2v) is 14.0. The van der Waals surface area contributed by atoms with Crippen LogP contribution < -0.4 is 9.80 Å². The lowest BCUT2D eigenvalue weighted by atomic mass is 9.57. The number of hydrogen-bond donors (Lipinski definition) is 1. The number of amides is 4. The predicted molar refractivity (Wildman–Crippen MR) is 174 cm³/mol. The number of allylic oxidation sites excluding steroid dienone is 2. The van der Waals surface area contributed by atoms with Crippen LogP contribution in [0.1, 0.15) is 29.9 Å². The maximum absolute atomic E-state index is 14.2. The summed E-state index contributed by atoms with van der Waals surface area (Å²) in [4.78, 5) is 58.6. The van der Waals surface area contributed by atoms with Gasteiger partial charge in [-0.15, -0.1) is 0 Å². The molecule has 2 heterocycles. The van der Waals surface area contributed by atoms with Crippen molar-refractivity contribution in [3.05, 3.63) is 96.6 Å². The number of imide groups is 2. The lowest BCUT2D eigenvalue weighted by Crippen LogP contribution is -2.43.